The Bertz CT molecular complexity index is 846. The highest BCUT2D eigenvalue weighted by atomic mass is 16.2. The maximum Gasteiger partial charge on any atom is 0.239 e. The van der Waals surface area contributed by atoms with E-state index in [0.29, 0.717) is 16.9 Å². The summed E-state index contributed by atoms with van der Waals surface area (Å²) in [6.45, 7) is 7.04. The minimum atomic E-state index is -1.26. The van der Waals surface area contributed by atoms with Crippen molar-refractivity contribution >= 4 is 23.2 Å². The Morgan fingerprint density at radius 1 is 0.960 bits per heavy atom. The highest BCUT2D eigenvalue weighted by Gasteiger charge is 2.36. The molecule has 0 aromatic heterocycles. The van der Waals surface area contributed by atoms with Crippen molar-refractivity contribution < 1.29 is 9.59 Å². The van der Waals surface area contributed by atoms with E-state index in [1.54, 1.807) is 38.1 Å². The van der Waals surface area contributed by atoms with E-state index in [2.05, 4.69) is 10.6 Å². The van der Waals surface area contributed by atoms with E-state index in [1.807, 2.05) is 38.1 Å². The number of carbonyl (C=O) groups is 2. The zero-order valence-electron chi connectivity index (χ0n) is 14.8. The van der Waals surface area contributed by atoms with Crippen LogP contribution in [0, 0.1) is 30.6 Å². The molecule has 0 spiro atoms. The zero-order chi connectivity index (χ0) is 18.6. The van der Waals surface area contributed by atoms with Gasteiger partial charge in [0.15, 0.2) is 0 Å². The normalized spacial score (nSPS) is 10.7. The lowest BCUT2D eigenvalue weighted by Gasteiger charge is -2.23. The highest BCUT2D eigenvalue weighted by molar-refractivity contribution is 6.14. The van der Waals surface area contributed by atoms with Crippen LogP contribution >= 0.6 is 0 Å². The van der Waals surface area contributed by atoms with Crippen LogP contribution in [0.2, 0.25) is 0 Å². The molecule has 2 aromatic rings. The number of anilines is 2. The molecule has 0 unspecified atom stereocenters. The smallest absolute Gasteiger partial charge is 0.239 e. The molecule has 2 amide bonds. The van der Waals surface area contributed by atoms with Crippen LogP contribution in [-0.2, 0) is 9.59 Å². The first kappa shape index (κ1) is 18.2. The molecule has 2 N–H and O–H groups in total. The summed E-state index contributed by atoms with van der Waals surface area (Å²) in [6.07, 6.45) is 0. The second-order valence-electron chi connectivity index (χ2n) is 6.47. The van der Waals surface area contributed by atoms with Gasteiger partial charge in [0.1, 0.15) is 5.41 Å². The molecule has 5 heteroatoms. The highest BCUT2D eigenvalue weighted by Crippen LogP contribution is 2.24. The van der Waals surface area contributed by atoms with Gasteiger partial charge in [0.05, 0.1) is 11.6 Å². The van der Waals surface area contributed by atoms with Crippen LogP contribution in [0.4, 0.5) is 11.4 Å². The first-order valence-corrected chi connectivity index (χ1v) is 7.95. The molecule has 0 aliphatic heterocycles. The monoisotopic (exact) mass is 335 g/mol. The summed E-state index contributed by atoms with van der Waals surface area (Å²) in [5.41, 5.74) is 2.52. The Labute approximate surface area is 147 Å². The van der Waals surface area contributed by atoms with Gasteiger partial charge in [-0.05, 0) is 69.2 Å². The summed E-state index contributed by atoms with van der Waals surface area (Å²) < 4.78 is 0. The Hall–Kier alpha value is -3.13. The second kappa shape index (κ2) is 7.18. The van der Waals surface area contributed by atoms with Crippen LogP contribution in [0.1, 0.15) is 30.5 Å². The van der Waals surface area contributed by atoms with E-state index in [1.165, 1.54) is 0 Å². The van der Waals surface area contributed by atoms with Gasteiger partial charge in [-0.15, -0.1) is 0 Å². The van der Waals surface area contributed by atoms with Crippen molar-refractivity contribution in [2.75, 3.05) is 10.6 Å². The molecule has 25 heavy (non-hydrogen) atoms. The van der Waals surface area contributed by atoms with Crippen LogP contribution in [0.15, 0.2) is 42.5 Å². The van der Waals surface area contributed by atoms with E-state index in [0.717, 1.165) is 11.1 Å². The van der Waals surface area contributed by atoms with E-state index in [4.69, 9.17) is 5.26 Å². The maximum absolute atomic E-state index is 12.6. The van der Waals surface area contributed by atoms with Crippen molar-refractivity contribution in [1.82, 2.24) is 0 Å². The van der Waals surface area contributed by atoms with E-state index in [-0.39, 0.29) is 5.91 Å². The lowest BCUT2D eigenvalue weighted by molar-refractivity contribution is -0.135. The summed E-state index contributed by atoms with van der Waals surface area (Å²) in [4.78, 5) is 25.2. The fourth-order valence-electron chi connectivity index (χ4n) is 2.18. The number of nitrogens with one attached hydrogen (secondary N) is 2. The Kier molecular flexibility index (Phi) is 5.23. The first-order chi connectivity index (χ1) is 11.8. The minimum absolute atomic E-state index is 0.382. The van der Waals surface area contributed by atoms with Gasteiger partial charge in [0, 0.05) is 11.4 Å². The molecule has 0 radical (unpaired) electrons. The molecule has 128 valence electrons. The average Bonchev–Trinajstić information content (AvgIpc) is 2.59. The van der Waals surface area contributed by atoms with Crippen molar-refractivity contribution in [1.29, 1.82) is 5.26 Å². The summed E-state index contributed by atoms with van der Waals surface area (Å²) in [5, 5.41) is 14.4. The van der Waals surface area contributed by atoms with Crippen molar-refractivity contribution in [3.8, 4) is 6.07 Å². The van der Waals surface area contributed by atoms with Crippen LogP contribution in [0.3, 0.4) is 0 Å². The maximum atomic E-state index is 12.6. The lowest BCUT2D eigenvalue weighted by atomic mass is 9.90. The van der Waals surface area contributed by atoms with Crippen molar-refractivity contribution in [3.63, 3.8) is 0 Å². The van der Waals surface area contributed by atoms with E-state index < -0.39 is 11.3 Å². The molecule has 0 aliphatic carbocycles. The predicted molar refractivity (Wildman–Crippen MR) is 98.1 cm³/mol. The number of aryl methyl sites for hydroxylation is 1. The third kappa shape index (κ3) is 4.04. The van der Waals surface area contributed by atoms with Crippen LogP contribution in [0.25, 0.3) is 0 Å². The molecule has 5 nitrogen and oxygen atoms in total. The molecule has 2 aromatic carbocycles. The summed E-state index contributed by atoms with van der Waals surface area (Å²) in [7, 11) is 0. The Morgan fingerprint density at radius 2 is 1.56 bits per heavy atom. The summed E-state index contributed by atoms with van der Waals surface area (Å²) in [5.74, 6) is -0.799. The molecular weight excluding hydrogens is 314 g/mol. The van der Waals surface area contributed by atoms with Gasteiger partial charge in [0.25, 0.3) is 0 Å². The van der Waals surface area contributed by atoms with Gasteiger partial charge in [-0.1, -0.05) is 12.1 Å². The number of nitrogens with zero attached hydrogens (tertiary/aromatic N) is 1. The van der Waals surface area contributed by atoms with E-state index >= 15 is 0 Å². The van der Waals surface area contributed by atoms with Gasteiger partial charge in [-0.2, -0.15) is 5.26 Å². The zero-order valence-corrected chi connectivity index (χ0v) is 14.8. The third-order valence-electron chi connectivity index (χ3n) is 4.26. The third-order valence-corrected chi connectivity index (χ3v) is 4.26. The lowest BCUT2D eigenvalue weighted by Crippen LogP contribution is -2.41. The number of rotatable bonds is 4. The SMILES string of the molecule is Cc1cccc(NC(=O)C(C)(C)C(=O)Nc2ccc(C#N)cc2)c1C. The molecule has 0 bridgehead atoms. The number of nitriles is 1. The number of hydrogen-bond donors (Lipinski definition) is 2. The molecule has 0 aliphatic rings. The Balaban J connectivity index is 2.12. The first-order valence-electron chi connectivity index (χ1n) is 7.95. The quantitative estimate of drug-likeness (QED) is 0.834. The number of benzene rings is 2. The molecule has 0 heterocycles. The molecule has 0 fully saturated rings. The number of amides is 2. The standard InChI is InChI=1S/C20H21N3O2/c1-13-6-5-7-17(14(13)2)23-19(25)20(3,4)18(24)22-16-10-8-15(12-21)9-11-16/h5-11H,1-4H3,(H,22,24)(H,23,25). The van der Waals surface area contributed by atoms with Gasteiger partial charge in [0.2, 0.25) is 11.8 Å². The fourth-order valence-corrected chi connectivity index (χ4v) is 2.18. The summed E-state index contributed by atoms with van der Waals surface area (Å²) in [6, 6.07) is 14.1. The molecule has 0 atom stereocenters. The van der Waals surface area contributed by atoms with Crippen LogP contribution in [0.5, 0.6) is 0 Å². The van der Waals surface area contributed by atoms with Gasteiger partial charge < -0.3 is 10.6 Å². The molecular formula is C20H21N3O2. The van der Waals surface area contributed by atoms with Gasteiger partial charge in [-0.3, -0.25) is 9.59 Å². The van der Waals surface area contributed by atoms with Gasteiger partial charge >= 0.3 is 0 Å². The average molecular weight is 335 g/mol. The van der Waals surface area contributed by atoms with Crippen molar-refractivity contribution in [2.45, 2.75) is 27.7 Å². The van der Waals surface area contributed by atoms with Crippen molar-refractivity contribution in [2.24, 2.45) is 5.41 Å². The molecule has 0 saturated heterocycles. The predicted octanol–water partition coefficient (Wildman–Crippen LogP) is 3.78. The van der Waals surface area contributed by atoms with Crippen molar-refractivity contribution in [3.05, 3.63) is 59.2 Å². The van der Waals surface area contributed by atoms with E-state index in [9.17, 15) is 9.59 Å². The number of hydrogen-bond acceptors (Lipinski definition) is 3. The molecule has 0 saturated carbocycles. The van der Waals surface area contributed by atoms with Gasteiger partial charge in [-0.25, -0.2) is 0 Å². The fraction of sp³-hybridized carbons (Fsp3) is 0.250. The number of carbonyl (C=O) groups excluding carboxylic acids is 2. The van der Waals surface area contributed by atoms with Crippen LogP contribution < -0.4 is 10.6 Å². The minimum Gasteiger partial charge on any atom is -0.325 e. The summed E-state index contributed by atoms with van der Waals surface area (Å²) >= 11 is 0. The Morgan fingerprint density at radius 3 is 2.16 bits per heavy atom. The largest absolute Gasteiger partial charge is 0.325 e. The second-order valence-corrected chi connectivity index (χ2v) is 6.47. The van der Waals surface area contributed by atoms with Crippen LogP contribution in [-0.4, -0.2) is 11.8 Å². The molecule has 2 rings (SSSR count). The topological polar surface area (TPSA) is 82.0 Å².